The molecule has 7 nitrogen and oxygen atoms in total. The number of esters is 1. The van der Waals surface area contributed by atoms with E-state index in [4.69, 9.17) is 21.1 Å². The van der Waals surface area contributed by atoms with Crippen LogP contribution in [0.5, 0.6) is 0 Å². The Labute approximate surface area is 213 Å². The molecule has 1 unspecified atom stereocenters. The molecule has 0 fully saturated rings. The Morgan fingerprint density at radius 2 is 1.97 bits per heavy atom. The number of hydrogen-bond acceptors (Lipinski definition) is 7. The van der Waals surface area contributed by atoms with Crippen molar-refractivity contribution in [3.63, 3.8) is 0 Å². The minimum atomic E-state index is -0.530. The summed E-state index contributed by atoms with van der Waals surface area (Å²) in [5.41, 5.74) is 3.44. The predicted molar refractivity (Wildman–Crippen MR) is 138 cm³/mol. The summed E-state index contributed by atoms with van der Waals surface area (Å²) in [7, 11) is 1.58. The van der Waals surface area contributed by atoms with Crippen LogP contribution in [0.25, 0.3) is 0 Å². The highest BCUT2D eigenvalue weighted by molar-refractivity contribution is 8.16. The second-order valence-electron chi connectivity index (χ2n) is 8.03. The largest absolute Gasteiger partial charge is 0.457 e. The number of benzene rings is 2. The van der Waals surface area contributed by atoms with Crippen molar-refractivity contribution in [1.82, 2.24) is 10.2 Å². The van der Waals surface area contributed by atoms with Gasteiger partial charge in [0.25, 0.3) is 0 Å². The Hall–Kier alpha value is -3.07. The molecule has 0 spiro atoms. The van der Waals surface area contributed by atoms with E-state index in [0.717, 1.165) is 16.8 Å². The lowest BCUT2D eigenvalue weighted by Gasteiger charge is -2.36. The number of halogens is 1. The summed E-state index contributed by atoms with van der Waals surface area (Å²) in [5, 5.41) is 6.00. The van der Waals surface area contributed by atoms with Gasteiger partial charge in [0.15, 0.2) is 5.17 Å². The van der Waals surface area contributed by atoms with Gasteiger partial charge >= 0.3 is 5.97 Å². The number of carbonyl (C=O) groups is 2. The summed E-state index contributed by atoms with van der Waals surface area (Å²) < 4.78 is 10.7. The van der Waals surface area contributed by atoms with Gasteiger partial charge in [0.2, 0.25) is 5.91 Å². The average Bonchev–Trinajstić information content (AvgIpc) is 3.24. The SMILES string of the molecule is COCCNC(=O)CC1=CSC2=NC(C)=C(C(=O)OCc3ccccc3)C(c3cccc(Cl)c3)N12. The van der Waals surface area contributed by atoms with E-state index in [2.05, 4.69) is 10.3 Å². The zero-order valence-corrected chi connectivity index (χ0v) is 21.1. The lowest BCUT2D eigenvalue weighted by Crippen LogP contribution is -2.38. The van der Waals surface area contributed by atoms with Gasteiger partial charge in [0.1, 0.15) is 6.61 Å². The minimum absolute atomic E-state index is 0.137. The van der Waals surface area contributed by atoms with Crippen molar-refractivity contribution in [1.29, 1.82) is 0 Å². The molecule has 1 amide bonds. The van der Waals surface area contributed by atoms with Crippen molar-refractivity contribution < 1.29 is 19.1 Å². The number of allylic oxidation sites excluding steroid dienone is 1. The zero-order chi connectivity index (χ0) is 24.8. The zero-order valence-electron chi connectivity index (χ0n) is 19.5. The van der Waals surface area contributed by atoms with Crippen LogP contribution in [0.1, 0.15) is 30.5 Å². The van der Waals surface area contributed by atoms with Crippen molar-refractivity contribution in [3.05, 3.63) is 93.1 Å². The molecule has 2 aromatic carbocycles. The third-order valence-electron chi connectivity index (χ3n) is 5.57. The third-order valence-corrected chi connectivity index (χ3v) is 6.69. The number of amidine groups is 1. The van der Waals surface area contributed by atoms with Gasteiger partial charge in [-0.3, -0.25) is 4.79 Å². The van der Waals surface area contributed by atoms with Crippen molar-refractivity contribution >= 4 is 40.4 Å². The van der Waals surface area contributed by atoms with Crippen LogP contribution in [-0.4, -0.2) is 42.2 Å². The molecule has 9 heteroatoms. The van der Waals surface area contributed by atoms with Gasteiger partial charge in [-0.15, -0.1) is 0 Å². The molecule has 182 valence electrons. The van der Waals surface area contributed by atoms with Crippen molar-refractivity contribution in [2.45, 2.75) is 26.0 Å². The van der Waals surface area contributed by atoms with Gasteiger partial charge in [-0.2, -0.15) is 0 Å². The van der Waals surface area contributed by atoms with Crippen molar-refractivity contribution in [2.24, 2.45) is 4.99 Å². The van der Waals surface area contributed by atoms with Crippen molar-refractivity contribution in [3.8, 4) is 0 Å². The molecule has 2 aliphatic heterocycles. The molecule has 0 saturated heterocycles. The number of ether oxygens (including phenoxy) is 2. The Kier molecular flexibility index (Phi) is 8.28. The molecule has 0 aromatic heterocycles. The molecule has 2 heterocycles. The maximum atomic E-state index is 13.4. The van der Waals surface area contributed by atoms with E-state index in [0.29, 0.717) is 34.6 Å². The first-order valence-electron chi connectivity index (χ1n) is 11.1. The van der Waals surface area contributed by atoms with Gasteiger partial charge in [-0.1, -0.05) is 65.8 Å². The lowest BCUT2D eigenvalue weighted by molar-refractivity contribution is -0.141. The molecule has 1 N–H and O–H groups in total. The fourth-order valence-corrected chi connectivity index (χ4v) is 5.11. The van der Waals surface area contributed by atoms with Crippen LogP contribution < -0.4 is 5.32 Å². The Morgan fingerprint density at radius 3 is 2.71 bits per heavy atom. The van der Waals surface area contributed by atoms with E-state index in [1.165, 1.54) is 11.8 Å². The number of fused-ring (bicyclic) bond motifs is 1. The third kappa shape index (κ3) is 5.96. The normalized spacial score (nSPS) is 17.0. The predicted octanol–water partition coefficient (Wildman–Crippen LogP) is 4.81. The van der Waals surface area contributed by atoms with E-state index >= 15 is 0 Å². The summed E-state index contributed by atoms with van der Waals surface area (Å²) >= 11 is 7.75. The van der Waals surface area contributed by atoms with Crippen LogP contribution in [0.3, 0.4) is 0 Å². The van der Waals surface area contributed by atoms with E-state index < -0.39 is 12.0 Å². The van der Waals surface area contributed by atoms with Crippen LogP contribution in [0, 0.1) is 0 Å². The van der Waals surface area contributed by atoms with Gasteiger partial charge in [-0.25, -0.2) is 9.79 Å². The first-order valence-corrected chi connectivity index (χ1v) is 12.4. The summed E-state index contributed by atoms with van der Waals surface area (Å²) in [6.07, 6.45) is 0.137. The topological polar surface area (TPSA) is 80.2 Å². The summed E-state index contributed by atoms with van der Waals surface area (Å²) in [6.45, 7) is 2.80. The highest BCUT2D eigenvalue weighted by atomic mass is 35.5. The number of thioether (sulfide) groups is 1. The number of rotatable bonds is 9. The molecule has 4 rings (SSSR count). The van der Waals surface area contributed by atoms with Gasteiger partial charge in [0, 0.05) is 24.4 Å². The number of aliphatic imine (C=N–C) groups is 1. The maximum Gasteiger partial charge on any atom is 0.338 e. The highest BCUT2D eigenvalue weighted by Crippen LogP contribution is 2.45. The van der Waals surface area contributed by atoms with Gasteiger partial charge in [-0.05, 0) is 35.6 Å². The second-order valence-corrected chi connectivity index (χ2v) is 9.30. The molecule has 1 atom stereocenters. The number of methoxy groups -OCH3 is 1. The Balaban J connectivity index is 1.64. The lowest BCUT2D eigenvalue weighted by atomic mass is 9.94. The Morgan fingerprint density at radius 1 is 1.17 bits per heavy atom. The minimum Gasteiger partial charge on any atom is -0.457 e. The fourth-order valence-electron chi connectivity index (χ4n) is 3.94. The fraction of sp³-hybridized carbons (Fsp3) is 0.269. The van der Waals surface area contributed by atoms with Crippen LogP contribution in [-0.2, 0) is 25.7 Å². The van der Waals surface area contributed by atoms with Crippen LogP contribution in [0.4, 0.5) is 0 Å². The number of hydrogen-bond donors (Lipinski definition) is 1. The molecular weight excluding hydrogens is 486 g/mol. The Bertz CT molecular complexity index is 1200. The quantitative estimate of drug-likeness (QED) is 0.384. The number of nitrogens with one attached hydrogen (secondary N) is 1. The van der Waals surface area contributed by atoms with Gasteiger partial charge < -0.3 is 19.7 Å². The smallest absolute Gasteiger partial charge is 0.338 e. The molecule has 0 aliphatic carbocycles. The molecule has 0 saturated carbocycles. The van der Waals surface area contributed by atoms with E-state index in [1.54, 1.807) is 20.1 Å². The molecule has 2 aliphatic rings. The molecule has 35 heavy (non-hydrogen) atoms. The van der Waals surface area contributed by atoms with E-state index in [-0.39, 0.29) is 18.9 Å². The van der Waals surface area contributed by atoms with Gasteiger partial charge in [0.05, 0.1) is 30.3 Å². The van der Waals surface area contributed by atoms with Crippen LogP contribution in [0.15, 0.2) is 82.0 Å². The van der Waals surface area contributed by atoms with Crippen molar-refractivity contribution in [2.75, 3.05) is 20.3 Å². The number of amides is 1. The number of carbonyl (C=O) groups excluding carboxylic acids is 2. The summed E-state index contributed by atoms with van der Waals surface area (Å²) in [4.78, 5) is 32.6. The maximum absolute atomic E-state index is 13.4. The van der Waals surface area contributed by atoms with E-state index in [9.17, 15) is 9.59 Å². The standard InChI is InChI=1S/C26H26ClN3O4S/c1-17-23(25(32)34-15-18-7-4-3-5-8-18)24(19-9-6-10-20(27)13-19)30-21(16-35-26(30)29-17)14-22(31)28-11-12-33-2/h3-10,13,16,24H,11-12,14-15H2,1-2H3,(H,28,31). The first-order chi connectivity index (χ1) is 17.0. The highest BCUT2D eigenvalue weighted by Gasteiger charge is 2.41. The first kappa shape index (κ1) is 25.0. The summed E-state index contributed by atoms with van der Waals surface area (Å²) in [5.74, 6) is -0.598. The second kappa shape index (κ2) is 11.6. The molecule has 0 radical (unpaired) electrons. The number of nitrogens with zero attached hydrogens (tertiary/aromatic N) is 2. The van der Waals surface area contributed by atoms with Crippen LogP contribution >= 0.6 is 23.4 Å². The average molecular weight is 512 g/mol. The molecule has 0 bridgehead atoms. The monoisotopic (exact) mass is 511 g/mol. The molecule has 2 aromatic rings. The summed E-state index contributed by atoms with van der Waals surface area (Å²) in [6, 6.07) is 16.3. The molecular formula is C26H26ClN3O4S. The van der Waals surface area contributed by atoms with E-state index in [1.807, 2.05) is 58.8 Å². The van der Waals surface area contributed by atoms with Crippen LogP contribution in [0.2, 0.25) is 5.02 Å².